The minimum absolute atomic E-state index is 0.0412. The summed E-state index contributed by atoms with van der Waals surface area (Å²) in [6.07, 6.45) is 5.22. The number of allylic oxidation sites excluding steroid dienone is 3. The Balaban J connectivity index is 1.79. The molecule has 0 aromatic heterocycles. The molecule has 1 heterocycles. The Morgan fingerprint density at radius 1 is 1.35 bits per heavy atom. The highest BCUT2D eigenvalue weighted by Gasteiger charge is 2.37. The molecule has 1 aliphatic carbocycles. The molecule has 0 amide bonds. The van der Waals surface area contributed by atoms with Crippen molar-refractivity contribution >= 4 is 35.2 Å². The summed E-state index contributed by atoms with van der Waals surface area (Å²) in [6, 6.07) is 5.88. The molecule has 2 aliphatic rings. The fourth-order valence-corrected chi connectivity index (χ4v) is 2.63. The maximum Gasteiger partial charge on any atom is 0.355 e. The molecule has 8 heteroatoms. The van der Waals surface area contributed by atoms with Gasteiger partial charge in [0.1, 0.15) is 5.70 Å². The van der Waals surface area contributed by atoms with Gasteiger partial charge < -0.3 is 19.9 Å². The smallest absolute Gasteiger partial charge is 0.355 e. The fourth-order valence-electron chi connectivity index (χ4n) is 2.45. The molecule has 1 aromatic carbocycles. The predicted octanol–water partition coefficient (Wildman–Crippen LogP) is 2.95. The summed E-state index contributed by atoms with van der Waals surface area (Å²) in [7, 11) is 0. The van der Waals surface area contributed by atoms with Crippen LogP contribution in [0.3, 0.4) is 0 Å². The van der Waals surface area contributed by atoms with E-state index in [0.29, 0.717) is 17.7 Å². The standard InChI is InChI=1S/C18H14ClNO6/c19-13-14(20-12-8-4-7-11(9-12)15(21)22)18(26-17(13)24)25-16(23)10-5-2-1-3-6-10/h1-2,4-5,7-9,18,20H,3,6H2,(H,21,22). The van der Waals surface area contributed by atoms with Gasteiger partial charge in [-0.15, -0.1) is 0 Å². The first-order chi connectivity index (χ1) is 12.5. The highest BCUT2D eigenvalue weighted by Crippen LogP contribution is 2.29. The molecule has 7 nitrogen and oxygen atoms in total. The number of carboxylic acids is 1. The van der Waals surface area contributed by atoms with Crippen molar-refractivity contribution in [2.45, 2.75) is 19.1 Å². The number of carbonyl (C=O) groups excluding carboxylic acids is 2. The molecule has 3 rings (SSSR count). The van der Waals surface area contributed by atoms with E-state index in [1.807, 2.05) is 6.08 Å². The van der Waals surface area contributed by atoms with Crippen LogP contribution in [0.5, 0.6) is 0 Å². The van der Waals surface area contributed by atoms with Crippen LogP contribution in [-0.2, 0) is 19.1 Å². The zero-order valence-electron chi connectivity index (χ0n) is 13.4. The Hall–Kier alpha value is -3.06. The lowest BCUT2D eigenvalue weighted by Crippen LogP contribution is -2.25. The quantitative estimate of drug-likeness (QED) is 0.763. The van der Waals surface area contributed by atoms with E-state index in [0.717, 1.165) is 6.42 Å². The molecule has 1 unspecified atom stereocenters. The monoisotopic (exact) mass is 375 g/mol. The van der Waals surface area contributed by atoms with Crippen LogP contribution >= 0.6 is 11.6 Å². The van der Waals surface area contributed by atoms with E-state index in [9.17, 15) is 14.4 Å². The average Bonchev–Trinajstić information content (AvgIpc) is 2.90. The van der Waals surface area contributed by atoms with Gasteiger partial charge in [0.15, 0.2) is 5.03 Å². The molecule has 26 heavy (non-hydrogen) atoms. The minimum atomic E-state index is -1.33. The summed E-state index contributed by atoms with van der Waals surface area (Å²) in [5.74, 6) is -2.55. The van der Waals surface area contributed by atoms with Crippen molar-refractivity contribution in [3.05, 3.63) is 64.4 Å². The summed E-state index contributed by atoms with van der Waals surface area (Å²) in [5.41, 5.74) is 0.903. The first kappa shape index (κ1) is 17.8. The number of anilines is 1. The maximum absolute atomic E-state index is 12.2. The number of halogens is 1. The fraction of sp³-hybridized carbons (Fsp3) is 0.167. The molecule has 2 N–H and O–H groups in total. The highest BCUT2D eigenvalue weighted by molar-refractivity contribution is 6.42. The number of rotatable bonds is 5. The summed E-state index contributed by atoms with van der Waals surface area (Å²) >= 11 is 5.95. The Morgan fingerprint density at radius 2 is 2.15 bits per heavy atom. The molecule has 0 saturated heterocycles. The zero-order valence-corrected chi connectivity index (χ0v) is 14.2. The number of carboxylic acid groups (broad SMARTS) is 1. The van der Waals surface area contributed by atoms with Gasteiger partial charge in [-0.3, -0.25) is 0 Å². The number of ether oxygens (including phenoxy) is 2. The van der Waals surface area contributed by atoms with Crippen LogP contribution in [0.25, 0.3) is 0 Å². The van der Waals surface area contributed by atoms with Gasteiger partial charge in [0.05, 0.1) is 5.56 Å². The summed E-state index contributed by atoms with van der Waals surface area (Å²) in [6.45, 7) is 0. The third kappa shape index (κ3) is 3.78. The highest BCUT2D eigenvalue weighted by atomic mass is 35.5. The molecule has 1 atom stereocenters. The zero-order chi connectivity index (χ0) is 18.7. The number of nitrogens with one attached hydrogen (secondary N) is 1. The number of hydrogen-bond donors (Lipinski definition) is 2. The van der Waals surface area contributed by atoms with Crippen molar-refractivity contribution < 1.29 is 29.0 Å². The molecule has 0 radical (unpaired) electrons. The molecule has 134 valence electrons. The van der Waals surface area contributed by atoms with Gasteiger partial charge in [0.2, 0.25) is 0 Å². The predicted molar refractivity (Wildman–Crippen MR) is 92.3 cm³/mol. The van der Waals surface area contributed by atoms with Gasteiger partial charge in [-0.05, 0) is 31.0 Å². The van der Waals surface area contributed by atoms with Crippen LogP contribution < -0.4 is 5.32 Å². The van der Waals surface area contributed by atoms with E-state index < -0.39 is 24.2 Å². The minimum Gasteiger partial charge on any atom is -0.478 e. The van der Waals surface area contributed by atoms with E-state index >= 15 is 0 Å². The van der Waals surface area contributed by atoms with Crippen molar-refractivity contribution in [2.24, 2.45) is 0 Å². The second kappa shape index (κ2) is 7.45. The van der Waals surface area contributed by atoms with E-state index in [-0.39, 0.29) is 16.3 Å². The molecule has 1 aliphatic heterocycles. The van der Waals surface area contributed by atoms with Gasteiger partial charge in [0, 0.05) is 11.3 Å². The lowest BCUT2D eigenvalue weighted by Gasteiger charge is -2.17. The van der Waals surface area contributed by atoms with Crippen LogP contribution in [0.15, 0.2) is 58.8 Å². The second-order valence-electron chi connectivity index (χ2n) is 5.54. The van der Waals surface area contributed by atoms with Gasteiger partial charge in [-0.2, -0.15) is 0 Å². The van der Waals surface area contributed by atoms with E-state index in [1.165, 1.54) is 18.2 Å². The van der Waals surface area contributed by atoms with E-state index in [2.05, 4.69) is 5.32 Å². The number of aromatic carboxylic acids is 1. The molecule has 0 spiro atoms. The van der Waals surface area contributed by atoms with Crippen LogP contribution in [-0.4, -0.2) is 29.3 Å². The largest absolute Gasteiger partial charge is 0.478 e. The topological polar surface area (TPSA) is 102 Å². The lowest BCUT2D eigenvalue weighted by molar-refractivity contribution is -0.171. The van der Waals surface area contributed by atoms with Crippen molar-refractivity contribution in [1.82, 2.24) is 0 Å². The SMILES string of the molecule is O=C(OC1OC(=O)C(Cl)=C1Nc1cccc(C(=O)O)c1)C1=CC=CCC1. The van der Waals surface area contributed by atoms with Crippen LogP contribution in [0.1, 0.15) is 23.2 Å². The molecular formula is C18H14ClNO6. The molecular weight excluding hydrogens is 362 g/mol. The Bertz CT molecular complexity index is 870. The second-order valence-corrected chi connectivity index (χ2v) is 5.92. The molecule has 0 fully saturated rings. The Kier molecular flexibility index (Phi) is 5.09. The summed E-state index contributed by atoms with van der Waals surface area (Å²) in [4.78, 5) is 35.0. The Morgan fingerprint density at radius 3 is 2.85 bits per heavy atom. The average molecular weight is 376 g/mol. The van der Waals surface area contributed by atoms with Gasteiger partial charge in [0.25, 0.3) is 6.29 Å². The van der Waals surface area contributed by atoms with Crippen molar-refractivity contribution in [2.75, 3.05) is 5.32 Å². The van der Waals surface area contributed by atoms with Gasteiger partial charge in [-0.25, -0.2) is 14.4 Å². The molecule has 0 bridgehead atoms. The normalized spacial score (nSPS) is 19.0. The number of cyclic esters (lactones) is 1. The van der Waals surface area contributed by atoms with Crippen molar-refractivity contribution in [3.63, 3.8) is 0 Å². The lowest BCUT2D eigenvalue weighted by atomic mass is 10.1. The van der Waals surface area contributed by atoms with Crippen LogP contribution in [0.2, 0.25) is 0 Å². The number of carbonyl (C=O) groups is 3. The molecule has 0 saturated carbocycles. The van der Waals surface area contributed by atoms with Gasteiger partial charge >= 0.3 is 17.9 Å². The first-order valence-electron chi connectivity index (χ1n) is 7.73. The van der Waals surface area contributed by atoms with Gasteiger partial charge in [-0.1, -0.05) is 35.9 Å². The third-order valence-electron chi connectivity index (χ3n) is 3.74. The van der Waals surface area contributed by atoms with Crippen LogP contribution in [0.4, 0.5) is 5.69 Å². The number of hydrogen-bond acceptors (Lipinski definition) is 6. The summed E-state index contributed by atoms with van der Waals surface area (Å²) in [5, 5.41) is 11.6. The number of benzene rings is 1. The van der Waals surface area contributed by atoms with Crippen molar-refractivity contribution in [1.29, 1.82) is 0 Å². The number of esters is 2. The van der Waals surface area contributed by atoms with Crippen molar-refractivity contribution in [3.8, 4) is 0 Å². The third-order valence-corrected chi connectivity index (χ3v) is 4.10. The van der Waals surface area contributed by atoms with E-state index in [4.69, 9.17) is 26.2 Å². The first-order valence-corrected chi connectivity index (χ1v) is 8.11. The summed E-state index contributed by atoms with van der Waals surface area (Å²) < 4.78 is 10.2. The maximum atomic E-state index is 12.2. The van der Waals surface area contributed by atoms with Crippen LogP contribution in [0, 0.1) is 0 Å². The molecule has 1 aromatic rings. The Labute approximate surface area is 153 Å². The van der Waals surface area contributed by atoms with E-state index in [1.54, 1.807) is 18.2 Å².